The van der Waals surface area contributed by atoms with Crippen LogP contribution in [0.2, 0.25) is 0 Å². The largest absolute Gasteiger partial charge is 0.353 e. The molecule has 0 bridgehead atoms. The Morgan fingerprint density at radius 1 is 1.25 bits per heavy atom. The van der Waals surface area contributed by atoms with Crippen molar-refractivity contribution in [1.82, 2.24) is 0 Å². The van der Waals surface area contributed by atoms with Gasteiger partial charge in [-0.05, 0) is 34.1 Å². The topological polar surface area (TPSA) is 18.5 Å². The lowest BCUT2D eigenvalue weighted by molar-refractivity contribution is -0.185. The molecule has 0 fully saturated rings. The summed E-state index contributed by atoms with van der Waals surface area (Å²) in [5, 5.41) is 0. The van der Waals surface area contributed by atoms with Gasteiger partial charge in [-0.25, -0.2) is 0 Å². The number of unbranched alkanes of at least 4 members (excludes halogenated alkanes) is 1. The Bertz CT molecular complexity index is 105. The molecule has 2 heteroatoms. The van der Waals surface area contributed by atoms with Gasteiger partial charge in [0.25, 0.3) is 0 Å². The third kappa shape index (κ3) is 8.02. The van der Waals surface area contributed by atoms with Gasteiger partial charge in [0.15, 0.2) is 6.29 Å². The zero-order valence-corrected chi connectivity index (χ0v) is 9.02. The van der Waals surface area contributed by atoms with E-state index in [0.29, 0.717) is 0 Å². The van der Waals surface area contributed by atoms with Crippen LogP contribution in [0, 0.1) is 0 Å². The van der Waals surface area contributed by atoms with Crippen molar-refractivity contribution < 1.29 is 9.47 Å². The van der Waals surface area contributed by atoms with Crippen LogP contribution >= 0.6 is 0 Å². The predicted octanol–water partition coefficient (Wildman–Crippen LogP) is 2.96. The number of hydrogen-bond donors (Lipinski definition) is 0. The monoisotopic (exact) mass is 174 g/mol. The molecule has 74 valence electrons. The quantitative estimate of drug-likeness (QED) is 0.471. The minimum absolute atomic E-state index is 0.0865. The molecule has 0 aromatic carbocycles. The maximum atomic E-state index is 5.56. The highest BCUT2D eigenvalue weighted by atomic mass is 16.7. The summed E-state index contributed by atoms with van der Waals surface area (Å²) >= 11 is 0. The Morgan fingerprint density at radius 3 is 2.25 bits per heavy atom. The second-order valence-electron chi connectivity index (χ2n) is 4.02. The fraction of sp³-hybridized carbons (Fsp3) is 1.00. The van der Waals surface area contributed by atoms with E-state index in [0.717, 1.165) is 13.0 Å². The molecule has 0 aliphatic rings. The third-order valence-electron chi connectivity index (χ3n) is 1.37. The summed E-state index contributed by atoms with van der Waals surface area (Å²) < 4.78 is 11.0. The van der Waals surface area contributed by atoms with Crippen molar-refractivity contribution in [1.29, 1.82) is 0 Å². The molecule has 2 nitrogen and oxygen atoms in total. The van der Waals surface area contributed by atoms with E-state index >= 15 is 0 Å². The summed E-state index contributed by atoms with van der Waals surface area (Å²) in [6.45, 7) is 11.0. The van der Waals surface area contributed by atoms with E-state index < -0.39 is 0 Å². The summed E-state index contributed by atoms with van der Waals surface area (Å²) in [6.07, 6.45) is 2.19. The minimum atomic E-state index is -0.106. The van der Waals surface area contributed by atoms with Gasteiger partial charge < -0.3 is 9.47 Å². The molecule has 0 saturated carbocycles. The molecular formula is C10H22O2. The van der Waals surface area contributed by atoms with Crippen LogP contribution in [0.4, 0.5) is 0 Å². The number of rotatable bonds is 5. The zero-order valence-electron chi connectivity index (χ0n) is 9.02. The van der Waals surface area contributed by atoms with E-state index in [-0.39, 0.29) is 11.9 Å². The molecule has 0 spiro atoms. The Labute approximate surface area is 76.3 Å². The lowest BCUT2D eigenvalue weighted by Crippen LogP contribution is -2.27. The van der Waals surface area contributed by atoms with Crippen molar-refractivity contribution in [2.24, 2.45) is 0 Å². The number of ether oxygens (including phenoxy) is 2. The second kappa shape index (κ2) is 5.55. The van der Waals surface area contributed by atoms with Crippen LogP contribution in [0.15, 0.2) is 0 Å². The molecule has 1 unspecified atom stereocenters. The van der Waals surface area contributed by atoms with Gasteiger partial charge in [0.2, 0.25) is 0 Å². The van der Waals surface area contributed by atoms with Gasteiger partial charge >= 0.3 is 0 Å². The Kier molecular flexibility index (Phi) is 5.51. The van der Waals surface area contributed by atoms with Crippen LogP contribution in [0.25, 0.3) is 0 Å². The molecular weight excluding hydrogens is 152 g/mol. The Balaban J connectivity index is 3.40. The first-order chi connectivity index (χ1) is 5.45. The van der Waals surface area contributed by atoms with Crippen LogP contribution < -0.4 is 0 Å². The average Bonchev–Trinajstić information content (AvgIpc) is 1.84. The molecule has 0 radical (unpaired) electrons. The van der Waals surface area contributed by atoms with Gasteiger partial charge in [-0.2, -0.15) is 0 Å². The molecule has 1 atom stereocenters. The van der Waals surface area contributed by atoms with E-state index in [1.165, 1.54) is 6.42 Å². The van der Waals surface area contributed by atoms with Crippen LogP contribution in [0.3, 0.4) is 0 Å². The van der Waals surface area contributed by atoms with E-state index in [1.807, 2.05) is 27.7 Å². The molecule has 0 aliphatic heterocycles. The van der Waals surface area contributed by atoms with Gasteiger partial charge in [0.05, 0.1) is 5.60 Å². The van der Waals surface area contributed by atoms with E-state index in [4.69, 9.17) is 9.47 Å². The van der Waals surface area contributed by atoms with Gasteiger partial charge in [0, 0.05) is 6.61 Å². The van der Waals surface area contributed by atoms with Gasteiger partial charge in [0.1, 0.15) is 0 Å². The average molecular weight is 174 g/mol. The molecule has 0 rings (SSSR count). The number of hydrogen-bond acceptors (Lipinski definition) is 2. The van der Waals surface area contributed by atoms with Crippen LogP contribution in [-0.2, 0) is 9.47 Å². The molecule has 0 heterocycles. The summed E-state index contributed by atoms with van der Waals surface area (Å²) in [5.74, 6) is 0. The third-order valence-corrected chi connectivity index (χ3v) is 1.37. The van der Waals surface area contributed by atoms with Crippen LogP contribution in [-0.4, -0.2) is 18.5 Å². The predicted molar refractivity (Wildman–Crippen MR) is 51.2 cm³/mol. The summed E-state index contributed by atoms with van der Waals surface area (Å²) in [7, 11) is 0. The molecule has 0 aliphatic carbocycles. The molecule has 0 N–H and O–H groups in total. The fourth-order valence-electron chi connectivity index (χ4n) is 0.926. The molecule has 0 aromatic heterocycles. The van der Waals surface area contributed by atoms with Crippen molar-refractivity contribution in [3.8, 4) is 0 Å². The summed E-state index contributed by atoms with van der Waals surface area (Å²) in [4.78, 5) is 0. The highest BCUT2D eigenvalue weighted by Gasteiger charge is 2.14. The fourth-order valence-corrected chi connectivity index (χ4v) is 0.926. The molecule has 0 aromatic rings. The normalized spacial score (nSPS) is 14.8. The van der Waals surface area contributed by atoms with Crippen molar-refractivity contribution in [3.05, 3.63) is 0 Å². The molecule has 12 heavy (non-hydrogen) atoms. The lowest BCUT2D eigenvalue weighted by Gasteiger charge is -2.24. The van der Waals surface area contributed by atoms with Crippen molar-refractivity contribution in [3.63, 3.8) is 0 Å². The van der Waals surface area contributed by atoms with Gasteiger partial charge in [-0.15, -0.1) is 0 Å². The van der Waals surface area contributed by atoms with E-state index in [2.05, 4.69) is 6.92 Å². The Morgan fingerprint density at radius 2 is 1.83 bits per heavy atom. The smallest absolute Gasteiger partial charge is 0.155 e. The summed E-state index contributed by atoms with van der Waals surface area (Å²) in [6, 6.07) is 0. The first-order valence-corrected chi connectivity index (χ1v) is 4.75. The first-order valence-electron chi connectivity index (χ1n) is 4.75. The maximum Gasteiger partial charge on any atom is 0.155 e. The summed E-state index contributed by atoms with van der Waals surface area (Å²) in [5.41, 5.74) is -0.106. The minimum Gasteiger partial charge on any atom is -0.353 e. The lowest BCUT2D eigenvalue weighted by atomic mass is 10.2. The van der Waals surface area contributed by atoms with Crippen molar-refractivity contribution in [2.75, 3.05) is 6.61 Å². The maximum absolute atomic E-state index is 5.56. The standard InChI is InChI=1S/C10H22O2/c1-6-7-8-11-9(2)12-10(3,4)5/h9H,6-8H2,1-5H3. The van der Waals surface area contributed by atoms with Crippen molar-refractivity contribution >= 4 is 0 Å². The van der Waals surface area contributed by atoms with Crippen LogP contribution in [0.1, 0.15) is 47.5 Å². The first kappa shape index (κ1) is 11.9. The van der Waals surface area contributed by atoms with E-state index in [9.17, 15) is 0 Å². The molecule has 0 saturated heterocycles. The second-order valence-corrected chi connectivity index (χ2v) is 4.02. The Hall–Kier alpha value is -0.0800. The van der Waals surface area contributed by atoms with Crippen LogP contribution in [0.5, 0.6) is 0 Å². The molecule has 0 amide bonds. The highest BCUT2D eigenvalue weighted by molar-refractivity contribution is 4.58. The van der Waals surface area contributed by atoms with Gasteiger partial charge in [-0.3, -0.25) is 0 Å². The van der Waals surface area contributed by atoms with Gasteiger partial charge in [-0.1, -0.05) is 13.3 Å². The van der Waals surface area contributed by atoms with Crippen molar-refractivity contribution in [2.45, 2.75) is 59.4 Å². The highest BCUT2D eigenvalue weighted by Crippen LogP contribution is 2.11. The zero-order chi connectivity index (χ0) is 9.61. The SMILES string of the molecule is CCCCOC(C)OC(C)(C)C. The van der Waals surface area contributed by atoms with E-state index in [1.54, 1.807) is 0 Å².